The van der Waals surface area contributed by atoms with E-state index < -0.39 is 17.7 Å². The van der Waals surface area contributed by atoms with Crippen molar-refractivity contribution < 1.29 is 23.5 Å². The number of hydrogen-bond donors (Lipinski definition) is 2. The molecule has 0 unspecified atom stereocenters. The third kappa shape index (κ3) is 5.73. The molecule has 0 atom stereocenters. The number of hydrazone groups is 1. The Hall–Kier alpha value is -4.76. The molecule has 1 heterocycles. The summed E-state index contributed by atoms with van der Waals surface area (Å²) in [7, 11) is 1.46. The first-order valence-corrected chi connectivity index (χ1v) is 12.6. The number of nitrogens with zero attached hydrogens (tertiary/aromatic N) is 1. The lowest BCUT2D eigenvalue weighted by Gasteiger charge is -2.10. The molecule has 0 aliphatic carbocycles. The van der Waals surface area contributed by atoms with Crippen LogP contribution in [0.2, 0.25) is 0 Å². The van der Waals surface area contributed by atoms with E-state index >= 15 is 0 Å². The minimum Gasteiger partial charge on any atom is -0.493 e. The topological polar surface area (TPSA) is 92.8 Å². The Bertz CT molecular complexity index is 1700. The standard InChI is InChI=1S/C30H21BrFN3O4/c1-38-26-15-18(7-14-25(26)39-30(37)20-8-10-21(31)11-9-20)17-33-35-29(36)28-27(19-5-3-2-4-6-19)23-16-22(32)12-13-24(23)34-28/h2-17,34H,1H3,(H,35,36). The number of carbonyl (C=O) groups is 2. The Kier molecular flexibility index (Phi) is 7.51. The average molecular weight is 586 g/mol. The molecule has 0 saturated carbocycles. The maximum absolute atomic E-state index is 14.0. The zero-order chi connectivity index (χ0) is 27.4. The van der Waals surface area contributed by atoms with Gasteiger partial charge < -0.3 is 14.5 Å². The highest BCUT2D eigenvalue weighted by molar-refractivity contribution is 9.10. The first-order chi connectivity index (χ1) is 18.9. The maximum Gasteiger partial charge on any atom is 0.343 e. The van der Waals surface area contributed by atoms with E-state index in [1.807, 2.05) is 30.3 Å². The van der Waals surface area contributed by atoms with Crippen LogP contribution in [-0.2, 0) is 0 Å². The molecular weight excluding hydrogens is 565 g/mol. The van der Waals surface area contributed by atoms with Crippen molar-refractivity contribution in [3.8, 4) is 22.6 Å². The van der Waals surface area contributed by atoms with Crippen molar-refractivity contribution in [3.05, 3.63) is 118 Å². The summed E-state index contributed by atoms with van der Waals surface area (Å²) < 4.78 is 25.7. The molecule has 0 bridgehead atoms. The fraction of sp³-hybridized carbons (Fsp3) is 0.0333. The molecule has 5 rings (SSSR count). The fourth-order valence-electron chi connectivity index (χ4n) is 4.05. The molecule has 194 valence electrons. The smallest absolute Gasteiger partial charge is 0.343 e. The Balaban J connectivity index is 1.34. The van der Waals surface area contributed by atoms with Crippen LogP contribution in [0.4, 0.5) is 4.39 Å². The van der Waals surface area contributed by atoms with E-state index in [1.54, 1.807) is 48.5 Å². The van der Waals surface area contributed by atoms with Gasteiger partial charge in [-0.1, -0.05) is 46.3 Å². The zero-order valence-electron chi connectivity index (χ0n) is 20.6. The number of rotatable bonds is 7. The van der Waals surface area contributed by atoms with Gasteiger partial charge in [-0.15, -0.1) is 0 Å². The maximum atomic E-state index is 14.0. The van der Waals surface area contributed by atoms with Gasteiger partial charge in [-0.3, -0.25) is 4.79 Å². The SMILES string of the molecule is COc1cc(C=NNC(=O)c2[nH]c3ccc(F)cc3c2-c2ccccc2)ccc1OC(=O)c1ccc(Br)cc1. The first kappa shape index (κ1) is 25.9. The molecular formula is C30H21BrFN3O4. The van der Waals surface area contributed by atoms with E-state index in [0.717, 1.165) is 10.0 Å². The Morgan fingerprint density at radius 2 is 1.72 bits per heavy atom. The van der Waals surface area contributed by atoms with Gasteiger partial charge in [-0.05, 0) is 71.8 Å². The summed E-state index contributed by atoms with van der Waals surface area (Å²) in [5, 5.41) is 4.67. The second kappa shape index (κ2) is 11.3. The van der Waals surface area contributed by atoms with Crippen LogP contribution in [0, 0.1) is 5.82 Å². The third-order valence-corrected chi connectivity index (χ3v) is 6.43. The molecule has 5 aromatic rings. The van der Waals surface area contributed by atoms with E-state index in [1.165, 1.54) is 25.5 Å². The van der Waals surface area contributed by atoms with E-state index in [4.69, 9.17) is 9.47 Å². The number of aromatic nitrogens is 1. The highest BCUT2D eigenvalue weighted by atomic mass is 79.9. The lowest BCUT2D eigenvalue weighted by Crippen LogP contribution is -2.18. The molecule has 0 radical (unpaired) electrons. The summed E-state index contributed by atoms with van der Waals surface area (Å²) in [5.74, 6) is -0.858. The summed E-state index contributed by atoms with van der Waals surface area (Å²) in [5.41, 5.74) is 5.73. The van der Waals surface area contributed by atoms with Crippen molar-refractivity contribution in [2.45, 2.75) is 0 Å². The highest BCUT2D eigenvalue weighted by Gasteiger charge is 2.19. The number of hydrogen-bond acceptors (Lipinski definition) is 5. The summed E-state index contributed by atoms with van der Waals surface area (Å²) in [6.07, 6.45) is 1.44. The van der Waals surface area contributed by atoms with Crippen LogP contribution in [0.3, 0.4) is 0 Å². The molecule has 4 aromatic carbocycles. The molecule has 1 amide bonds. The molecule has 0 aliphatic heterocycles. The number of methoxy groups -OCH3 is 1. The second-order valence-corrected chi connectivity index (χ2v) is 9.35. The van der Waals surface area contributed by atoms with Crippen molar-refractivity contribution in [1.82, 2.24) is 10.4 Å². The van der Waals surface area contributed by atoms with Gasteiger partial charge in [0.2, 0.25) is 0 Å². The van der Waals surface area contributed by atoms with Crippen molar-refractivity contribution in [2.24, 2.45) is 5.10 Å². The van der Waals surface area contributed by atoms with Crippen LogP contribution in [0.1, 0.15) is 26.4 Å². The van der Waals surface area contributed by atoms with Crippen LogP contribution in [0.15, 0.2) is 101 Å². The van der Waals surface area contributed by atoms with Gasteiger partial charge in [0.1, 0.15) is 11.5 Å². The number of esters is 1. The minimum atomic E-state index is -0.526. The largest absolute Gasteiger partial charge is 0.493 e. The third-order valence-electron chi connectivity index (χ3n) is 5.90. The minimum absolute atomic E-state index is 0.240. The number of H-pyrrole nitrogens is 1. The summed E-state index contributed by atoms with van der Waals surface area (Å²) in [6, 6.07) is 25.3. The lowest BCUT2D eigenvalue weighted by molar-refractivity contribution is 0.0729. The molecule has 7 nitrogen and oxygen atoms in total. The number of amides is 1. The summed E-state index contributed by atoms with van der Waals surface area (Å²) >= 11 is 3.33. The number of benzene rings is 4. The van der Waals surface area contributed by atoms with E-state index in [9.17, 15) is 14.0 Å². The van der Waals surface area contributed by atoms with Gasteiger partial charge in [-0.2, -0.15) is 5.10 Å². The fourth-order valence-corrected chi connectivity index (χ4v) is 4.32. The molecule has 1 aromatic heterocycles. The molecule has 0 spiro atoms. The quantitative estimate of drug-likeness (QED) is 0.0958. The molecule has 2 N–H and O–H groups in total. The summed E-state index contributed by atoms with van der Waals surface area (Å²) in [4.78, 5) is 28.7. The number of nitrogens with one attached hydrogen (secondary N) is 2. The lowest BCUT2D eigenvalue weighted by atomic mass is 10.0. The van der Waals surface area contributed by atoms with E-state index in [-0.39, 0.29) is 11.4 Å². The van der Waals surface area contributed by atoms with Crippen LogP contribution >= 0.6 is 15.9 Å². The average Bonchev–Trinajstić information content (AvgIpc) is 3.33. The monoisotopic (exact) mass is 585 g/mol. The first-order valence-electron chi connectivity index (χ1n) is 11.8. The normalized spacial score (nSPS) is 11.1. The number of fused-ring (bicyclic) bond motifs is 1. The van der Waals surface area contributed by atoms with Gasteiger partial charge in [0.05, 0.1) is 18.9 Å². The molecule has 9 heteroatoms. The highest BCUT2D eigenvalue weighted by Crippen LogP contribution is 2.33. The predicted octanol–water partition coefficient (Wildman–Crippen LogP) is 6.73. The Morgan fingerprint density at radius 3 is 2.46 bits per heavy atom. The van der Waals surface area contributed by atoms with Crippen molar-refractivity contribution in [1.29, 1.82) is 0 Å². The molecule has 39 heavy (non-hydrogen) atoms. The van der Waals surface area contributed by atoms with Gasteiger partial charge >= 0.3 is 5.97 Å². The second-order valence-electron chi connectivity index (χ2n) is 8.44. The van der Waals surface area contributed by atoms with Gasteiger partial charge in [0, 0.05) is 20.9 Å². The molecule has 0 fully saturated rings. The number of carbonyl (C=O) groups excluding carboxylic acids is 2. The van der Waals surface area contributed by atoms with Crippen molar-refractivity contribution in [3.63, 3.8) is 0 Å². The van der Waals surface area contributed by atoms with Crippen LogP contribution in [-0.4, -0.2) is 30.2 Å². The number of halogens is 2. The number of aromatic amines is 1. The van der Waals surface area contributed by atoms with E-state index in [2.05, 4.69) is 31.4 Å². The summed E-state index contributed by atoms with van der Waals surface area (Å²) in [6.45, 7) is 0. The Labute approximate surface area is 231 Å². The van der Waals surface area contributed by atoms with Gasteiger partial charge in [-0.25, -0.2) is 14.6 Å². The number of ether oxygens (including phenoxy) is 2. The van der Waals surface area contributed by atoms with E-state index in [0.29, 0.717) is 33.3 Å². The van der Waals surface area contributed by atoms with Crippen molar-refractivity contribution in [2.75, 3.05) is 7.11 Å². The molecule has 0 saturated heterocycles. The van der Waals surface area contributed by atoms with Crippen molar-refractivity contribution >= 4 is 44.9 Å². The molecule has 0 aliphatic rings. The predicted molar refractivity (Wildman–Crippen MR) is 151 cm³/mol. The van der Waals surface area contributed by atoms with Gasteiger partial charge in [0.15, 0.2) is 11.5 Å². The Morgan fingerprint density at radius 1 is 0.949 bits per heavy atom. The zero-order valence-corrected chi connectivity index (χ0v) is 22.2. The van der Waals surface area contributed by atoms with Gasteiger partial charge in [0.25, 0.3) is 5.91 Å². The van der Waals surface area contributed by atoms with Crippen LogP contribution in [0.25, 0.3) is 22.0 Å². The van der Waals surface area contributed by atoms with Crippen LogP contribution in [0.5, 0.6) is 11.5 Å². The van der Waals surface area contributed by atoms with Crippen LogP contribution < -0.4 is 14.9 Å².